The van der Waals surface area contributed by atoms with Crippen molar-refractivity contribution in [3.63, 3.8) is 0 Å². The van der Waals surface area contributed by atoms with Gasteiger partial charge in [-0.25, -0.2) is 10.4 Å². The topological polar surface area (TPSA) is 75.6 Å². The summed E-state index contributed by atoms with van der Waals surface area (Å²) < 4.78 is 44.1. The van der Waals surface area contributed by atoms with E-state index < -0.39 is 11.7 Å². The summed E-state index contributed by atoms with van der Waals surface area (Å²) in [6, 6.07) is 8.77. The Bertz CT molecular complexity index is 1190. The van der Waals surface area contributed by atoms with Crippen LogP contribution in [-0.4, -0.2) is 24.2 Å². The number of aryl methyl sites for hydroxylation is 1. The number of methoxy groups -OCH3 is 1. The molecule has 3 rings (SSSR count). The number of rotatable bonds is 8. The Balaban J connectivity index is 1.60. The molecule has 10 heteroatoms. The van der Waals surface area contributed by atoms with Crippen LogP contribution in [-0.2, 0) is 17.4 Å². The molecule has 0 aliphatic rings. The SMILES string of the molecule is COc1cc(C)c(/C=N/NC(=O)Cc2csc(Nc3cccc(C(F)(F)F)c3)n2)cc1C(C)C. The minimum absolute atomic E-state index is 0.0169. The molecule has 1 aromatic heterocycles. The summed E-state index contributed by atoms with van der Waals surface area (Å²) in [5.41, 5.74) is 5.35. The van der Waals surface area contributed by atoms with Gasteiger partial charge in [-0.15, -0.1) is 11.3 Å². The second kappa shape index (κ2) is 10.7. The molecule has 0 aliphatic carbocycles. The molecule has 2 aromatic carbocycles. The van der Waals surface area contributed by atoms with E-state index >= 15 is 0 Å². The smallest absolute Gasteiger partial charge is 0.416 e. The fourth-order valence-electron chi connectivity index (χ4n) is 3.20. The van der Waals surface area contributed by atoms with Crippen molar-refractivity contribution in [2.45, 2.75) is 39.3 Å². The maximum Gasteiger partial charge on any atom is 0.416 e. The second-order valence-electron chi connectivity index (χ2n) is 7.92. The Morgan fingerprint density at radius 3 is 2.71 bits per heavy atom. The van der Waals surface area contributed by atoms with E-state index in [9.17, 15) is 18.0 Å². The maximum absolute atomic E-state index is 12.9. The number of halogens is 3. The van der Waals surface area contributed by atoms with Crippen molar-refractivity contribution in [1.29, 1.82) is 0 Å². The molecule has 0 radical (unpaired) electrons. The number of nitrogens with zero attached hydrogens (tertiary/aromatic N) is 2. The van der Waals surface area contributed by atoms with Crippen LogP contribution in [0.1, 0.15) is 47.7 Å². The lowest BCUT2D eigenvalue weighted by molar-refractivity contribution is -0.137. The van der Waals surface area contributed by atoms with Crippen LogP contribution in [0.4, 0.5) is 24.0 Å². The normalized spacial score (nSPS) is 11.8. The summed E-state index contributed by atoms with van der Waals surface area (Å²) in [7, 11) is 1.63. The van der Waals surface area contributed by atoms with Gasteiger partial charge in [-0.2, -0.15) is 18.3 Å². The fourth-order valence-corrected chi connectivity index (χ4v) is 3.93. The highest BCUT2D eigenvalue weighted by Gasteiger charge is 2.30. The van der Waals surface area contributed by atoms with Gasteiger partial charge in [0.15, 0.2) is 5.13 Å². The summed E-state index contributed by atoms with van der Waals surface area (Å²) in [5.74, 6) is 0.717. The number of ether oxygens (including phenoxy) is 1. The van der Waals surface area contributed by atoms with Gasteiger partial charge in [-0.3, -0.25) is 4.79 Å². The van der Waals surface area contributed by atoms with Crippen molar-refractivity contribution in [3.05, 3.63) is 69.7 Å². The summed E-state index contributed by atoms with van der Waals surface area (Å²) >= 11 is 1.20. The number of thiazole rings is 1. The van der Waals surface area contributed by atoms with E-state index in [1.54, 1.807) is 18.7 Å². The quantitative estimate of drug-likeness (QED) is 0.298. The van der Waals surface area contributed by atoms with Crippen LogP contribution in [0, 0.1) is 6.92 Å². The summed E-state index contributed by atoms with van der Waals surface area (Å²) in [5, 5.41) is 8.95. The van der Waals surface area contributed by atoms with Gasteiger partial charge in [0.05, 0.1) is 31.0 Å². The molecule has 0 saturated carbocycles. The first-order valence-electron chi connectivity index (χ1n) is 10.5. The zero-order valence-electron chi connectivity index (χ0n) is 19.2. The van der Waals surface area contributed by atoms with Crippen molar-refractivity contribution in [3.8, 4) is 5.75 Å². The number of aromatic nitrogens is 1. The van der Waals surface area contributed by atoms with Crippen LogP contribution < -0.4 is 15.5 Å². The number of nitrogens with one attached hydrogen (secondary N) is 2. The van der Waals surface area contributed by atoms with Crippen molar-refractivity contribution >= 4 is 34.3 Å². The van der Waals surface area contributed by atoms with E-state index in [-0.39, 0.29) is 23.9 Å². The molecule has 0 atom stereocenters. The van der Waals surface area contributed by atoms with Crippen LogP contribution in [0.5, 0.6) is 5.75 Å². The lowest BCUT2D eigenvalue weighted by atomic mass is 9.97. The van der Waals surface area contributed by atoms with Crippen LogP contribution >= 0.6 is 11.3 Å². The number of hydrazone groups is 1. The molecule has 1 amide bonds. The average molecular weight is 491 g/mol. The molecule has 0 aliphatic heterocycles. The zero-order chi connectivity index (χ0) is 24.9. The molecule has 0 saturated heterocycles. The van der Waals surface area contributed by atoms with E-state index in [0.717, 1.165) is 34.6 Å². The fraction of sp³-hybridized carbons (Fsp3) is 0.292. The van der Waals surface area contributed by atoms with Crippen molar-refractivity contribution in [2.75, 3.05) is 12.4 Å². The molecule has 1 heterocycles. The largest absolute Gasteiger partial charge is 0.496 e. The molecule has 0 fully saturated rings. The maximum atomic E-state index is 12.9. The summed E-state index contributed by atoms with van der Waals surface area (Å²) in [4.78, 5) is 16.5. The Hall–Kier alpha value is -3.40. The van der Waals surface area contributed by atoms with Crippen LogP contribution in [0.15, 0.2) is 46.9 Å². The highest BCUT2D eigenvalue weighted by atomic mass is 32.1. The third-order valence-electron chi connectivity index (χ3n) is 4.97. The lowest BCUT2D eigenvalue weighted by Crippen LogP contribution is -2.20. The summed E-state index contributed by atoms with van der Waals surface area (Å²) in [6.07, 6.45) is -2.86. The first-order valence-corrected chi connectivity index (χ1v) is 11.3. The molecule has 0 bridgehead atoms. The van der Waals surface area contributed by atoms with E-state index in [1.165, 1.54) is 23.5 Å². The molecule has 34 heavy (non-hydrogen) atoms. The van der Waals surface area contributed by atoms with E-state index in [2.05, 4.69) is 34.7 Å². The summed E-state index contributed by atoms with van der Waals surface area (Å²) in [6.45, 7) is 6.07. The van der Waals surface area contributed by atoms with Gasteiger partial charge in [0.2, 0.25) is 5.91 Å². The standard InChI is InChI=1S/C24H25F3N4O2S/c1-14(2)20-9-16(15(3)8-21(20)33-4)12-28-31-22(32)11-19-13-34-23(30-19)29-18-7-5-6-17(10-18)24(25,26)27/h5-10,12-14H,11H2,1-4H3,(H,29,30)(H,31,32)/b28-12+. The van der Waals surface area contributed by atoms with E-state index in [4.69, 9.17) is 4.74 Å². The molecule has 180 valence electrons. The molecular weight excluding hydrogens is 465 g/mol. The molecule has 0 spiro atoms. The second-order valence-corrected chi connectivity index (χ2v) is 8.78. The predicted octanol–water partition coefficient (Wildman–Crippen LogP) is 6.04. The number of hydrogen-bond acceptors (Lipinski definition) is 6. The van der Waals surface area contributed by atoms with Crippen LogP contribution in [0.3, 0.4) is 0 Å². The zero-order valence-corrected chi connectivity index (χ0v) is 20.0. The third kappa shape index (κ3) is 6.57. The highest BCUT2D eigenvalue weighted by Crippen LogP contribution is 2.32. The van der Waals surface area contributed by atoms with Crippen LogP contribution in [0.2, 0.25) is 0 Å². The monoisotopic (exact) mass is 490 g/mol. The number of carbonyl (C=O) groups excluding carboxylic acids is 1. The molecular formula is C24H25F3N4O2S. The Morgan fingerprint density at radius 2 is 2.03 bits per heavy atom. The van der Waals surface area contributed by atoms with Crippen molar-refractivity contribution < 1.29 is 22.7 Å². The number of benzene rings is 2. The number of alkyl halides is 3. The Morgan fingerprint density at radius 1 is 1.26 bits per heavy atom. The number of amides is 1. The van der Waals surface area contributed by atoms with Crippen molar-refractivity contribution in [2.24, 2.45) is 5.10 Å². The van der Waals surface area contributed by atoms with Crippen LogP contribution in [0.25, 0.3) is 0 Å². The molecule has 2 N–H and O–H groups in total. The Kier molecular flexibility index (Phi) is 7.93. The molecule has 6 nitrogen and oxygen atoms in total. The van der Waals surface area contributed by atoms with Gasteiger partial charge in [-0.1, -0.05) is 19.9 Å². The first kappa shape index (κ1) is 25.2. The number of hydrogen-bond donors (Lipinski definition) is 2. The van der Waals surface area contributed by atoms with Crippen molar-refractivity contribution in [1.82, 2.24) is 10.4 Å². The lowest BCUT2D eigenvalue weighted by Gasteiger charge is -2.14. The van der Waals surface area contributed by atoms with Gasteiger partial charge >= 0.3 is 6.18 Å². The predicted molar refractivity (Wildman–Crippen MR) is 128 cm³/mol. The van der Waals surface area contributed by atoms with Gasteiger partial charge < -0.3 is 10.1 Å². The van der Waals surface area contributed by atoms with E-state index in [1.807, 2.05) is 19.1 Å². The highest BCUT2D eigenvalue weighted by molar-refractivity contribution is 7.13. The first-order chi connectivity index (χ1) is 16.1. The average Bonchev–Trinajstić information content (AvgIpc) is 3.20. The van der Waals surface area contributed by atoms with Gasteiger partial charge in [0, 0.05) is 11.1 Å². The minimum atomic E-state index is -4.43. The molecule has 3 aromatic rings. The van der Waals surface area contributed by atoms with Gasteiger partial charge in [-0.05, 0) is 59.9 Å². The Labute approximate surface area is 199 Å². The number of anilines is 2. The van der Waals surface area contributed by atoms with Gasteiger partial charge in [0.25, 0.3) is 0 Å². The number of carbonyl (C=O) groups is 1. The van der Waals surface area contributed by atoms with Gasteiger partial charge in [0.1, 0.15) is 5.75 Å². The minimum Gasteiger partial charge on any atom is -0.496 e. The molecule has 0 unspecified atom stereocenters. The third-order valence-corrected chi connectivity index (χ3v) is 5.77. The van der Waals surface area contributed by atoms with E-state index in [0.29, 0.717) is 10.8 Å².